The predicted molar refractivity (Wildman–Crippen MR) is 79.9 cm³/mol. The summed E-state index contributed by atoms with van der Waals surface area (Å²) < 4.78 is 5.45. The number of hydrogen-bond acceptors (Lipinski definition) is 3. The SMILES string of the molecule is O=C(c1occc1-c1ccccc1)N1CCCC(CO)C1. The smallest absolute Gasteiger partial charge is 0.290 e. The van der Waals surface area contributed by atoms with Crippen LogP contribution in [0.5, 0.6) is 0 Å². The van der Waals surface area contributed by atoms with E-state index >= 15 is 0 Å². The van der Waals surface area contributed by atoms with Crippen LogP contribution in [0.15, 0.2) is 47.1 Å². The highest BCUT2D eigenvalue weighted by atomic mass is 16.3. The maximum atomic E-state index is 12.7. The van der Waals surface area contributed by atoms with Gasteiger partial charge in [-0.05, 0) is 30.4 Å². The van der Waals surface area contributed by atoms with Crippen molar-refractivity contribution in [1.29, 1.82) is 0 Å². The van der Waals surface area contributed by atoms with E-state index in [1.54, 1.807) is 11.2 Å². The van der Waals surface area contributed by atoms with E-state index in [-0.39, 0.29) is 18.4 Å². The van der Waals surface area contributed by atoms with Crippen molar-refractivity contribution < 1.29 is 14.3 Å². The molecule has 2 aromatic rings. The average Bonchev–Trinajstić information content (AvgIpc) is 3.04. The summed E-state index contributed by atoms with van der Waals surface area (Å²) in [6, 6.07) is 11.6. The third-order valence-electron chi connectivity index (χ3n) is 4.01. The number of aliphatic hydroxyl groups is 1. The zero-order chi connectivity index (χ0) is 14.7. The molecule has 0 spiro atoms. The second-order valence-corrected chi connectivity index (χ2v) is 5.47. The van der Waals surface area contributed by atoms with E-state index in [1.165, 1.54) is 0 Å². The van der Waals surface area contributed by atoms with Crippen molar-refractivity contribution >= 4 is 5.91 Å². The number of likely N-dealkylation sites (tertiary alicyclic amines) is 1. The summed E-state index contributed by atoms with van der Waals surface area (Å²) in [5, 5.41) is 9.29. The Morgan fingerprint density at radius 3 is 2.86 bits per heavy atom. The number of rotatable bonds is 3. The first-order valence-electron chi connectivity index (χ1n) is 7.32. The average molecular weight is 285 g/mol. The highest BCUT2D eigenvalue weighted by molar-refractivity contribution is 5.98. The number of benzene rings is 1. The summed E-state index contributed by atoms with van der Waals surface area (Å²) in [5.74, 6) is 0.481. The molecule has 1 aromatic heterocycles. The topological polar surface area (TPSA) is 53.7 Å². The van der Waals surface area contributed by atoms with Crippen LogP contribution in [0.3, 0.4) is 0 Å². The van der Waals surface area contributed by atoms with Crippen LogP contribution in [0.1, 0.15) is 23.4 Å². The fraction of sp³-hybridized carbons (Fsp3) is 0.353. The van der Waals surface area contributed by atoms with E-state index in [4.69, 9.17) is 4.42 Å². The van der Waals surface area contributed by atoms with E-state index in [1.807, 2.05) is 36.4 Å². The zero-order valence-corrected chi connectivity index (χ0v) is 11.9. The summed E-state index contributed by atoms with van der Waals surface area (Å²) in [7, 11) is 0. The van der Waals surface area contributed by atoms with Crippen molar-refractivity contribution in [1.82, 2.24) is 4.90 Å². The molecule has 2 heterocycles. The zero-order valence-electron chi connectivity index (χ0n) is 11.9. The van der Waals surface area contributed by atoms with Crippen LogP contribution in [0, 0.1) is 5.92 Å². The molecule has 1 amide bonds. The molecule has 0 saturated carbocycles. The maximum Gasteiger partial charge on any atom is 0.290 e. The molecule has 1 unspecified atom stereocenters. The van der Waals surface area contributed by atoms with Gasteiger partial charge < -0.3 is 14.4 Å². The van der Waals surface area contributed by atoms with Gasteiger partial charge in [0.2, 0.25) is 0 Å². The lowest BCUT2D eigenvalue weighted by Gasteiger charge is -2.31. The van der Waals surface area contributed by atoms with Gasteiger partial charge in [-0.1, -0.05) is 30.3 Å². The van der Waals surface area contributed by atoms with E-state index in [9.17, 15) is 9.90 Å². The van der Waals surface area contributed by atoms with Gasteiger partial charge in [0.1, 0.15) is 0 Å². The number of piperidine rings is 1. The van der Waals surface area contributed by atoms with Crippen LogP contribution in [0.4, 0.5) is 0 Å². The molecule has 0 aliphatic carbocycles. The van der Waals surface area contributed by atoms with Gasteiger partial charge in [-0.15, -0.1) is 0 Å². The van der Waals surface area contributed by atoms with Gasteiger partial charge in [0, 0.05) is 25.3 Å². The Labute approximate surface area is 124 Å². The third kappa shape index (κ3) is 2.85. The van der Waals surface area contributed by atoms with Crippen LogP contribution in [0.25, 0.3) is 11.1 Å². The van der Waals surface area contributed by atoms with E-state index < -0.39 is 0 Å². The molecule has 3 rings (SSSR count). The summed E-state index contributed by atoms with van der Waals surface area (Å²) in [5.41, 5.74) is 1.80. The molecule has 0 radical (unpaired) electrons. The first kappa shape index (κ1) is 13.9. The second kappa shape index (κ2) is 6.14. The summed E-state index contributed by atoms with van der Waals surface area (Å²) in [4.78, 5) is 14.5. The molecular formula is C17H19NO3. The Morgan fingerprint density at radius 1 is 1.29 bits per heavy atom. The van der Waals surface area contributed by atoms with Gasteiger partial charge >= 0.3 is 0 Å². The van der Waals surface area contributed by atoms with Crippen molar-refractivity contribution in [2.75, 3.05) is 19.7 Å². The lowest BCUT2D eigenvalue weighted by molar-refractivity contribution is 0.0591. The van der Waals surface area contributed by atoms with Crippen LogP contribution < -0.4 is 0 Å². The minimum absolute atomic E-state index is 0.0861. The quantitative estimate of drug-likeness (QED) is 0.943. The fourth-order valence-electron chi connectivity index (χ4n) is 2.86. The molecular weight excluding hydrogens is 266 g/mol. The molecule has 4 heteroatoms. The summed E-state index contributed by atoms with van der Waals surface area (Å²) in [6.45, 7) is 1.46. The highest BCUT2D eigenvalue weighted by Gasteiger charge is 2.27. The van der Waals surface area contributed by atoms with E-state index in [0.29, 0.717) is 12.3 Å². The molecule has 1 aromatic carbocycles. The standard InChI is InChI=1S/C17H19NO3/c19-12-13-5-4-9-18(11-13)17(20)16-15(8-10-21-16)14-6-2-1-3-7-14/h1-3,6-8,10,13,19H,4-5,9,11-12H2. The molecule has 1 fully saturated rings. The molecule has 110 valence electrons. The molecule has 1 saturated heterocycles. The van der Waals surface area contributed by atoms with Gasteiger partial charge in [0.25, 0.3) is 5.91 Å². The monoisotopic (exact) mass is 285 g/mol. The third-order valence-corrected chi connectivity index (χ3v) is 4.01. The van der Waals surface area contributed by atoms with Crippen LogP contribution >= 0.6 is 0 Å². The Bertz CT molecular complexity index is 606. The van der Waals surface area contributed by atoms with Gasteiger partial charge in [0.05, 0.1) is 6.26 Å². The Balaban J connectivity index is 1.84. The van der Waals surface area contributed by atoms with Crippen LogP contribution in [-0.2, 0) is 0 Å². The number of carbonyl (C=O) groups is 1. The number of carbonyl (C=O) groups excluding carboxylic acids is 1. The van der Waals surface area contributed by atoms with Crippen molar-refractivity contribution in [3.05, 3.63) is 48.4 Å². The molecule has 21 heavy (non-hydrogen) atoms. The highest BCUT2D eigenvalue weighted by Crippen LogP contribution is 2.27. The molecule has 4 nitrogen and oxygen atoms in total. The first-order chi connectivity index (χ1) is 10.3. The Kier molecular flexibility index (Phi) is 4.06. The summed E-state index contributed by atoms with van der Waals surface area (Å²) in [6.07, 6.45) is 3.46. The van der Waals surface area contributed by atoms with Crippen LogP contribution in [0.2, 0.25) is 0 Å². The van der Waals surface area contributed by atoms with Crippen molar-refractivity contribution in [2.45, 2.75) is 12.8 Å². The van der Waals surface area contributed by atoms with E-state index in [2.05, 4.69) is 0 Å². The van der Waals surface area contributed by atoms with Gasteiger partial charge in [-0.2, -0.15) is 0 Å². The summed E-state index contributed by atoms with van der Waals surface area (Å²) >= 11 is 0. The number of amides is 1. The normalized spacial score (nSPS) is 18.7. The maximum absolute atomic E-state index is 12.7. The van der Waals surface area contributed by atoms with E-state index in [0.717, 1.165) is 30.5 Å². The minimum Gasteiger partial charge on any atom is -0.459 e. The van der Waals surface area contributed by atoms with Crippen molar-refractivity contribution in [3.8, 4) is 11.1 Å². The predicted octanol–water partition coefficient (Wildman–Crippen LogP) is 2.79. The fourth-order valence-corrected chi connectivity index (χ4v) is 2.86. The largest absolute Gasteiger partial charge is 0.459 e. The number of nitrogens with zero attached hydrogens (tertiary/aromatic N) is 1. The Morgan fingerprint density at radius 2 is 2.10 bits per heavy atom. The van der Waals surface area contributed by atoms with Gasteiger partial charge in [-0.3, -0.25) is 4.79 Å². The molecule has 1 N–H and O–H groups in total. The molecule has 1 atom stereocenters. The number of furan rings is 1. The van der Waals surface area contributed by atoms with Crippen molar-refractivity contribution in [3.63, 3.8) is 0 Å². The van der Waals surface area contributed by atoms with Crippen LogP contribution in [-0.4, -0.2) is 35.6 Å². The van der Waals surface area contributed by atoms with Gasteiger partial charge in [-0.25, -0.2) is 0 Å². The second-order valence-electron chi connectivity index (χ2n) is 5.47. The number of hydrogen-bond donors (Lipinski definition) is 1. The number of aliphatic hydroxyl groups excluding tert-OH is 1. The minimum atomic E-state index is -0.0861. The van der Waals surface area contributed by atoms with Crippen molar-refractivity contribution in [2.24, 2.45) is 5.92 Å². The molecule has 1 aliphatic rings. The lowest BCUT2D eigenvalue weighted by atomic mass is 9.98. The molecule has 0 bridgehead atoms. The first-order valence-corrected chi connectivity index (χ1v) is 7.32. The lowest BCUT2D eigenvalue weighted by Crippen LogP contribution is -2.40. The Hall–Kier alpha value is -2.07. The molecule has 1 aliphatic heterocycles. The van der Waals surface area contributed by atoms with Gasteiger partial charge in [0.15, 0.2) is 5.76 Å².